The van der Waals surface area contributed by atoms with Gasteiger partial charge < -0.3 is 15.1 Å². The minimum atomic E-state index is -0.0433. The highest BCUT2D eigenvalue weighted by molar-refractivity contribution is 5.93. The molecular weight excluding hydrogens is 252 g/mol. The van der Waals surface area contributed by atoms with Crippen LogP contribution in [0.25, 0.3) is 0 Å². The van der Waals surface area contributed by atoms with Crippen molar-refractivity contribution in [1.82, 2.24) is 4.90 Å². The second-order valence-electron chi connectivity index (χ2n) is 5.30. The Morgan fingerprint density at radius 3 is 2.70 bits per heavy atom. The molecule has 20 heavy (non-hydrogen) atoms. The summed E-state index contributed by atoms with van der Waals surface area (Å²) in [6, 6.07) is 9.80. The number of nitrogens with two attached hydrogens (primary N) is 1. The van der Waals surface area contributed by atoms with Gasteiger partial charge in [0, 0.05) is 23.8 Å². The van der Waals surface area contributed by atoms with Crippen molar-refractivity contribution >= 4 is 11.6 Å². The van der Waals surface area contributed by atoms with E-state index in [4.69, 9.17) is 10.2 Å². The van der Waals surface area contributed by atoms with Gasteiger partial charge in [0.05, 0.1) is 6.26 Å². The van der Waals surface area contributed by atoms with E-state index in [2.05, 4.69) is 0 Å². The Labute approximate surface area is 118 Å². The molecule has 1 aliphatic rings. The Kier molecular flexibility index (Phi) is 3.22. The average Bonchev–Trinajstić information content (AvgIpc) is 3.19. The van der Waals surface area contributed by atoms with Crippen molar-refractivity contribution in [3.05, 3.63) is 53.5 Å². The number of carbonyl (C=O) groups is 1. The first-order chi connectivity index (χ1) is 9.66. The van der Waals surface area contributed by atoms with E-state index in [0.29, 0.717) is 18.3 Å². The number of nitrogens with zero attached hydrogens (tertiary/aromatic N) is 1. The number of aryl methyl sites for hydroxylation is 1. The Bertz CT molecular complexity index is 629. The van der Waals surface area contributed by atoms with Crippen LogP contribution in [0.2, 0.25) is 0 Å². The predicted octanol–water partition coefficient (Wildman–Crippen LogP) is 2.98. The summed E-state index contributed by atoms with van der Waals surface area (Å²) in [5.74, 6) is 0.393. The first-order valence-electron chi connectivity index (χ1n) is 6.85. The summed E-state index contributed by atoms with van der Waals surface area (Å²) in [6.45, 7) is 2.43. The lowest BCUT2D eigenvalue weighted by molar-refractivity contribution is 0.0697. The molecule has 0 radical (unpaired) electrons. The Balaban J connectivity index is 1.85. The van der Waals surface area contributed by atoms with Crippen molar-refractivity contribution in [2.45, 2.75) is 32.4 Å². The van der Waals surface area contributed by atoms with Crippen molar-refractivity contribution in [2.75, 3.05) is 5.73 Å². The average molecular weight is 270 g/mol. The summed E-state index contributed by atoms with van der Waals surface area (Å²) >= 11 is 0. The third-order valence-electron chi connectivity index (χ3n) is 3.70. The molecule has 0 unspecified atom stereocenters. The van der Waals surface area contributed by atoms with E-state index < -0.39 is 0 Å². The zero-order valence-electron chi connectivity index (χ0n) is 11.5. The largest absolute Gasteiger partial charge is 0.459 e. The van der Waals surface area contributed by atoms with Gasteiger partial charge in [-0.3, -0.25) is 4.79 Å². The Hall–Kier alpha value is -2.23. The van der Waals surface area contributed by atoms with Gasteiger partial charge >= 0.3 is 0 Å². The topological polar surface area (TPSA) is 59.5 Å². The summed E-state index contributed by atoms with van der Waals surface area (Å²) in [4.78, 5) is 14.5. The first kappa shape index (κ1) is 12.8. The van der Waals surface area contributed by atoms with E-state index in [1.165, 1.54) is 0 Å². The van der Waals surface area contributed by atoms with Crippen molar-refractivity contribution in [2.24, 2.45) is 0 Å². The van der Waals surface area contributed by atoms with Crippen LogP contribution < -0.4 is 5.73 Å². The molecule has 1 amide bonds. The molecule has 1 heterocycles. The van der Waals surface area contributed by atoms with E-state index >= 15 is 0 Å². The third-order valence-corrected chi connectivity index (χ3v) is 3.70. The molecule has 0 bridgehead atoms. The lowest BCUT2D eigenvalue weighted by Gasteiger charge is -2.22. The maximum absolute atomic E-state index is 12.6. The number of hydrogen-bond acceptors (Lipinski definition) is 3. The molecule has 2 N–H and O–H groups in total. The van der Waals surface area contributed by atoms with Crippen LogP contribution in [0.1, 0.15) is 34.5 Å². The number of rotatable bonds is 4. The fraction of sp³-hybridized carbons (Fsp3) is 0.312. The van der Waals surface area contributed by atoms with Gasteiger partial charge in [0.2, 0.25) is 0 Å². The van der Waals surface area contributed by atoms with Crippen molar-refractivity contribution < 1.29 is 9.21 Å². The second-order valence-corrected chi connectivity index (χ2v) is 5.30. The molecule has 0 spiro atoms. The monoisotopic (exact) mass is 270 g/mol. The van der Waals surface area contributed by atoms with E-state index in [1.807, 2.05) is 42.2 Å². The maximum Gasteiger partial charge on any atom is 0.290 e. The minimum absolute atomic E-state index is 0.0433. The number of para-hydroxylation sites is 1. The molecule has 0 aliphatic heterocycles. The predicted molar refractivity (Wildman–Crippen MR) is 77.2 cm³/mol. The summed E-state index contributed by atoms with van der Waals surface area (Å²) < 4.78 is 5.33. The van der Waals surface area contributed by atoms with Crippen LogP contribution in [0, 0.1) is 6.92 Å². The molecule has 1 aliphatic carbocycles. The molecule has 0 atom stereocenters. The van der Waals surface area contributed by atoms with Gasteiger partial charge in [-0.25, -0.2) is 0 Å². The molecule has 0 saturated heterocycles. The third kappa shape index (κ3) is 2.41. The summed E-state index contributed by atoms with van der Waals surface area (Å²) in [5, 5.41) is 0. The van der Waals surface area contributed by atoms with Crippen LogP contribution in [-0.4, -0.2) is 16.8 Å². The Morgan fingerprint density at radius 1 is 1.35 bits per heavy atom. The van der Waals surface area contributed by atoms with Crippen molar-refractivity contribution in [3.63, 3.8) is 0 Å². The number of amides is 1. The van der Waals surface area contributed by atoms with Crippen molar-refractivity contribution in [3.8, 4) is 0 Å². The SMILES string of the molecule is Cc1ccoc1C(=O)N(Cc1ccccc1N)C1CC1. The number of nitrogen functional groups attached to an aromatic ring is 1. The minimum Gasteiger partial charge on any atom is -0.459 e. The van der Waals surface area contributed by atoms with Crippen molar-refractivity contribution in [1.29, 1.82) is 0 Å². The smallest absolute Gasteiger partial charge is 0.290 e. The van der Waals surface area contributed by atoms with Crippen LogP contribution in [0.4, 0.5) is 5.69 Å². The quantitative estimate of drug-likeness (QED) is 0.869. The highest BCUT2D eigenvalue weighted by Gasteiger charge is 2.34. The number of benzene rings is 1. The lowest BCUT2D eigenvalue weighted by atomic mass is 10.1. The van der Waals surface area contributed by atoms with Gasteiger partial charge in [-0.05, 0) is 37.5 Å². The van der Waals surface area contributed by atoms with E-state index in [1.54, 1.807) is 6.26 Å². The zero-order chi connectivity index (χ0) is 14.1. The molecular formula is C16H18N2O2. The standard InChI is InChI=1S/C16H18N2O2/c1-11-8-9-20-15(11)16(19)18(13-6-7-13)10-12-4-2-3-5-14(12)17/h2-5,8-9,13H,6-7,10,17H2,1H3. The van der Waals surface area contributed by atoms with Gasteiger partial charge in [-0.1, -0.05) is 18.2 Å². The molecule has 3 rings (SSSR count). The van der Waals surface area contributed by atoms with Gasteiger partial charge in [0.15, 0.2) is 5.76 Å². The Morgan fingerprint density at radius 2 is 2.10 bits per heavy atom. The first-order valence-corrected chi connectivity index (χ1v) is 6.85. The van der Waals surface area contributed by atoms with Crippen LogP contribution in [-0.2, 0) is 6.54 Å². The van der Waals surface area contributed by atoms with E-state index in [-0.39, 0.29) is 5.91 Å². The van der Waals surface area contributed by atoms with E-state index in [0.717, 1.165) is 29.7 Å². The van der Waals surface area contributed by atoms with Gasteiger partial charge in [0.25, 0.3) is 5.91 Å². The highest BCUT2D eigenvalue weighted by Crippen LogP contribution is 2.31. The number of anilines is 1. The molecule has 1 saturated carbocycles. The fourth-order valence-electron chi connectivity index (χ4n) is 2.34. The highest BCUT2D eigenvalue weighted by atomic mass is 16.3. The molecule has 4 nitrogen and oxygen atoms in total. The lowest BCUT2D eigenvalue weighted by Crippen LogP contribution is -2.33. The summed E-state index contributed by atoms with van der Waals surface area (Å²) in [6.07, 6.45) is 3.67. The molecule has 104 valence electrons. The van der Waals surface area contributed by atoms with Gasteiger partial charge in [-0.15, -0.1) is 0 Å². The number of hydrogen-bond donors (Lipinski definition) is 1. The van der Waals surface area contributed by atoms with E-state index in [9.17, 15) is 4.79 Å². The summed E-state index contributed by atoms with van der Waals surface area (Å²) in [5.41, 5.74) is 8.56. The fourth-order valence-corrected chi connectivity index (χ4v) is 2.34. The van der Waals surface area contributed by atoms with Crippen LogP contribution in [0.5, 0.6) is 0 Å². The maximum atomic E-state index is 12.6. The second kappa shape index (κ2) is 5.04. The van der Waals surface area contributed by atoms with Gasteiger partial charge in [-0.2, -0.15) is 0 Å². The summed E-state index contributed by atoms with van der Waals surface area (Å²) in [7, 11) is 0. The van der Waals surface area contributed by atoms with Crippen LogP contribution >= 0.6 is 0 Å². The molecule has 2 aromatic rings. The normalized spacial score (nSPS) is 14.2. The molecule has 4 heteroatoms. The van der Waals surface area contributed by atoms with Crippen LogP contribution in [0.3, 0.4) is 0 Å². The number of furan rings is 1. The number of carbonyl (C=O) groups excluding carboxylic acids is 1. The zero-order valence-corrected chi connectivity index (χ0v) is 11.5. The molecule has 1 aromatic carbocycles. The van der Waals surface area contributed by atoms with Crippen LogP contribution in [0.15, 0.2) is 41.0 Å². The molecule has 1 fully saturated rings. The molecule has 1 aromatic heterocycles. The van der Waals surface area contributed by atoms with Gasteiger partial charge in [0.1, 0.15) is 0 Å².